The molecule has 0 amide bonds. The van der Waals surface area contributed by atoms with E-state index in [1.54, 1.807) is 12.3 Å². The number of pyridine rings is 1. The third-order valence-corrected chi connectivity index (χ3v) is 8.17. The summed E-state index contributed by atoms with van der Waals surface area (Å²) in [5.74, 6) is 0.546. The molecule has 1 N–H and O–H groups in total. The Hall–Kier alpha value is -4.32. The van der Waals surface area contributed by atoms with Crippen LogP contribution in [0.15, 0.2) is 95.8 Å². The number of nitrogens with zero attached hydrogens (tertiary/aromatic N) is 3. The molecule has 0 unspecified atom stereocenters. The summed E-state index contributed by atoms with van der Waals surface area (Å²) in [4.78, 5) is 19.0. The zero-order valence-corrected chi connectivity index (χ0v) is 25.4. The fourth-order valence-electron chi connectivity index (χ4n) is 6.14. The van der Waals surface area contributed by atoms with Crippen LogP contribution in [0.5, 0.6) is 0 Å². The summed E-state index contributed by atoms with van der Waals surface area (Å²) in [6, 6.07) is 27.9. The largest absolute Gasteiger partial charge is 0.500 e. The maximum Gasteiger partial charge on any atom is 0.354 e. The van der Waals surface area contributed by atoms with Gasteiger partial charge in [-0.2, -0.15) is 0 Å². The van der Waals surface area contributed by atoms with E-state index in [0.717, 1.165) is 38.7 Å². The SMILES string of the molecule is Cn1ccnc1-c1[c-]cc2oc3c4ccccc4c4ccccc4c3c2c1.O=C(O)c1ccc(C2CCCC2)cn1.[Ir]. The van der Waals surface area contributed by atoms with Crippen LogP contribution in [0.3, 0.4) is 0 Å². The van der Waals surface area contributed by atoms with Crippen molar-refractivity contribution in [3.63, 3.8) is 0 Å². The van der Waals surface area contributed by atoms with Crippen LogP contribution < -0.4 is 0 Å². The van der Waals surface area contributed by atoms with Gasteiger partial charge in [-0.1, -0.05) is 72.8 Å². The summed E-state index contributed by atoms with van der Waals surface area (Å²) in [5.41, 5.74) is 4.07. The monoisotopic (exact) mass is 731 g/mol. The van der Waals surface area contributed by atoms with Crippen LogP contribution in [-0.2, 0) is 27.2 Å². The van der Waals surface area contributed by atoms with Gasteiger partial charge in [0.2, 0.25) is 0 Å². The summed E-state index contributed by atoms with van der Waals surface area (Å²) in [7, 11) is 2.00. The molecule has 0 bridgehead atoms. The smallest absolute Gasteiger partial charge is 0.354 e. The molecule has 1 fully saturated rings. The molecule has 1 radical (unpaired) electrons. The number of fused-ring (bicyclic) bond motifs is 8. The van der Waals surface area contributed by atoms with E-state index in [-0.39, 0.29) is 25.8 Å². The first-order valence-electron chi connectivity index (χ1n) is 13.9. The van der Waals surface area contributed by atoms with Crippen molar-refractivity contribution in [2.75, 3.05) is 0 Å². The normalized spacial score (nSPS) is 13.4. The van der Waals surface area contributed by atoms with Gasteiger partial charge in [0.15, 0.2) is 0 Å². The van der Waals surface area contributed by atoms with Crippen molar-refractivity contribution in [1.82, 2.24) is 14.5 Å². The van der Waals surface area contributed by atoms with Crippen molar-refractivity contribution in [2.45, 2.75) is 31.6 Å². The second kappa shape index (κ2) is 11.5. The number of aromatic carboxylic acids is 1. The van der Waals surface area contributed by atoms with E-state index in [2.05, 4.69) is 70.6 Å². The number of hydrogen-bond donors (Lipinski definition) is 1. The molecule has 3 heterocycles. The molecule has 4 aromatic carbocycles. The van der Waals surface area contributed by atoms with Gasteiger partial charge in [-0.15, -0.1) is 23.8 Å². The molecule has 1 aliphatic rings. The van der Waals surface area contributed by atoms with Crippen molar-refractivity contribution in [1.29, 1.82) is 0 Å². The third kappa shape index (κ3) is 4.89. The van der Waals surface area contributed by atoms with E-state index >= 15 is 0 Å². The molecule has 6 nitrogen and oxygen atoms in total. The van der Waals surface area contributed by atoms with Crippen LogP contribution in [0.1, 0.15) is 47.7 Å². The maximum atomic E-state index is 10.6. The molecule has 211 valence electrons. The van der Waals surface area contributed by atoms with Gasteiger partial charge in [0, 0.05) is 56.5 Å². The van der Waals surface area contributed by atoms with Crippen LogP contribution in [-0.4, -0.2) is 25.6 Å². The van der Waals surface area contributed by atoms with Crippen molar-refractivity contribution in [3.8, 4) is 11.4 Å². The Morgan fingerprint density at radius 3 is 2.26 bits per heavy atom. The first-order chi connectivity index (χ1) is 20.1. The van der Waals surface area contributed by atoms with Crippen LogP contribution in [0, 0.1) is 6.07 Å². The van der Waals surface area contributed by atoms with Crippen molar-refractivity contribution in [2.24, 2.45) is 7.05 Å². The number of benzene rings is 4. The number of carbonyl (C=O) groups is 1. The number of furan rings is 1. The number of carboxylic acid groups (broad SMARTS) is 1. The number of hydrogen-bond acceptors (Lipinski definition) is 4. The zero-order chi connectivity index (χ0) is 27.9. The molecule has 3 aromatic heterocycles. The standard InChI is InChI=1S/C24H15N2O.C11H13NO2.Ir/c1-26-13-12-25-24(26)15-10-11-21-20(14-15)22-18-8-4-2-6-16(18)17-7-3-5-9-19(17)23(22)27-21;13-11(14)10-6-5-9(7-12-10)8-3-1-2-4-8;/h2-9,11-14H,1H3;5-8H,1-4H2,(H,13,14);/q-1;;. The number of rotatable bonds is 3. The summed E-state index contributed by atoms with van der Waals surface area (Å²) in [6.45, 7) is 0. The molecular formula is C35H28IrN3O3-. The van der Waals surface area contributed by atoms with Crippen LogP contribution in [0.4, 0.5) is 0 Å². The number of aryl methyl sites for hydroxylation is 1. The number of carboxylic acids is 1. The molecule has 0 atom stereocenters. The topological polar surface area (TPSA) is 81.2 Å². The van der Waals surface area contributed by atoms with Crippen LogP contribution in [0.2, 0.25) is 0 Å². The molecule has 1 aliphatic carbocycles. The minimum Gasteiger partial charge on any atom is -0.500 e. The van der Waals surface area contributed by atoms with Gasteiger partial charge < -0.3 is 14.1 Å². The van der Waals surface area contributed by atoms with Gasteiger partial charge in [-0.25, -0.2) is 9.78 Å². The Labute approximate surface area is 256 Å². The summed E-state index contributed by atoms with van der Waals surface area (Å²) < 4.78 is 8.33. The second-order valence-electron chi connectivity index (χ2n) is 10.6. The minimum atomic E-state index is -0.956. The van der Waals surface area contributed by atoms with E-state index in [1.807, 2.05) is 36.1 Å². The molecule has 0 aliphatic heterocycles. The summed E-state index contributed by atoms with van der Waals surface area (Å²) in [5, 5.41) is 15.7. The summed E-state index contributed by atoms with van der Waals surface area (Å²) in [6.07, 6.45) is 10.5. The van der Waals surface area contributed by atoms with Crippen molar-refractivity contribution >= 4 is 49.5 Å². The molecule has 7 heteroatoms. The van der Waals surface area contributed by atoms with E-state index < -0.39 is 5.97 Å². The Balaban J connectivity index is 0.000000179. The van der Waals surface area contributed by atoms with E-state index in [9.17, 15) is 4.79 Å². The Bertz CT molecular complexity index is 2050. The minimum absolute atomic E-state index is 0. The quantitative estimate of drug-likeness (QED) is 0.146. The number of aromatic nitrogens is 3. The molecule has 1 saturated carbocycles. The molecular weight excluding hydrogens is 703 g/mol. The molecule has 42 heavy (non-hydrogen) atoms. The average molecular weight is 731 g/mol. The number of imidazole rings is 1. The predicted molar refractivity (Wildman–Crippen MR) is 162 cm³/mol. The predicted octanol–water partition coefficient (Wildman–Crippen LogP) is 8.53. The van der Waals surface area contributed by atoms with Gasteiger partial charge >= 0.3 is 5.97 Å². The zero-order valence-electron chi connectivity index (χ0n) is 23.0. The Morgan fingerprint density at radius 1 is 0.929 bits per heavy atom. The van der Waals surface area contributed by atoms with Crippen molar-refractivity contribution < 1.29 is 34.4 Å². The van der Waals surface area contributed by atoms with Crippen molar-refractivity contribution in [3.05, 3.63) is 109 Å². The first-order valence-corrected chi connectivity index (χ1v) is 13.9. The average Bonchev–Trinajstić information content (AvgIpc) is 3.78. The van der Waals surface area contributed by atoms with E-state index in [1.165, 1.54) is 47.4 Å². The second-order valence-corrected chi connectivity index (χ2v) is 10.6. The Morgan fingerprint density at radius 2 is 1.62 bits per heavy atom. The van der Waals surface area contributed by atoms with Gasteiger partial charge in [-0.3, -0.25) is 4.98 Å². The first kappa shape index (κ1) is 27.8. The van der Waals surface area contributed by atoms with Crippen LogP contribution >= 0.6 is 0 Å². The fraction of sp³-hybridized carbons (Fsp3) is 0.171. The fourth-order valence-corrected chi connectivity index (χ4v) is 6.14. The van der Waals surface area contributed by atoms with E-state index in [4.69, 9.17) is 9.52 Å². The molecule has 0 spiro atoms. The van der Waals surface area contributed by atoms with Crippen LogP contribution in [0.25, 0.3) is 54.9 Å². The van der Waals surface area contributed by atoms with Gasteiger partial charge in [-0.05, 0) is 46.5 Å². The molecule has 7 aromatic rings. The third-order valence-electron chi connectivity index (χ3n) is 8.17. The maximum absolute atomic E-state index is 10.6. The van der Waals surface area contributed by atoms with Gasteiger partial charge in [0.05, 0.1) is 11.4 Å². The summed E-state index contributed by atoms with van der Waals surface area (Å²) >= 11 is 0. The van der Waals surface area contributed by atoms with E-state index in [0.29, 0.717) is 5.92 Å². The molecule has 0 saturated heterocycles. The van der Waals surface area contributed by atoms with Gasteiger partial charge in [0.25, 0.3) is 0 Å². The Kier molecular flexibility index (Phi) is 7.63. The van der Waals surface area contributed by atoms with Gasteiger partial charge in [0.1, 0.15) is 11.3 Å². The molecule has 8 rings (SSSR count).